The van der Waals surface area contributed by atoms with Gasteiger partial charge in [-0.1, -0.05) is 12.8 Å². The molecule has 1 fully saturated rings. The molecular formula is C13H15N3O2. The van der Waals surface area contributed by atoms with Crippen LogP contribution in [0.15, 0.2) is 18.3 Å². The fourth-order valence-electron chi connectivity index (χ4n) is 2.27. The molecule has 2 rings (SSSR count). The van der Waals surface area contributed by atoms with Gasteiger partial charge in [-0.3, -0.25) is 4.79 Å². The molecule has 5 heteroatoms. The molecular weight excluding hydrogens is 230 g/mol. The lowest BCUT2D eigenvalue weighted by Gasteiger charge is -2.27. The number of hydrogen-bond donors (Lipinski definition) is 2. The van der Waals surface area contributed by atoms with E-state index in [2.05, 4.69) is 10.3 Å². The molecule has 0 saturated heterocycles. The van der Waals surface area contributed by atoms with Gasteiger partial charge >= 0.3 is 0 Å². The Hall–Kier alpha value is -1.93. The molecule has 1 aliphatic carbocycles. The molecule has 0 bridgehead atoms. The van der Waals surface area contributed by atoms with Gasteiger partial charge in [0.15, 0.2) is 0 Å². The summed E-state index contributed by atoms with van der Waals surface area (Å²) in [4.78, 5) is 15.9. The zero-order valence-corrected chi connectivity index (χ0v) is 10.0. The summed E-state index contributed by atoms with van der Waals surface area (Å²) in [5, 5.41) is 20.9. The lowest BCUT2D eigenvalue weighted by atomic mass is 9.98. The molecule has 18 heavy (non-hydrogen) atoms. The van der Waals surface area contributed by atoms with Crippen molar-refractivity contribution < 1.29 is 9.90 Å². The molecule has 94 valence electrons. The van der Waals surface area contributed by atoms with E-state index in [0.29, 0.717) is 5.56 Å². The molecule has 0 spiro atoms. The minimum atomic E-state index is -0.493. The summed E-state index contributed by atoms with van der Waals surface area (Å²) in [7, 11) is 0. The first-order chi connectivity index (χ1) is 8.69. The Balaban J connectivity index is 2.09. The molecule has 1 heterocycles. The van der Waals surface area contributed by atoms with E-state index in [4.69, 9.17) is 5.26 Å². The maximum atomic E-state index is 12.0. The molecule has 0 aliphatic heterocycles. The van der Waals surface area contributed by atoms with Gasteiger partial charge in [-0.25, -0.2) is 4.98 Å². The number of pyridine rings is 1. The summed E-state index contributed by atoms with van der Waals surface area (Å²) in [6.45, 7) is -0.0466. The smallest absolute Gasteiger partial charge is 0.270 e. The number of aliphatic hydroxyl groups excluding tert-OH is 1. The lowest BCUT2D eigenvalue weighted by Crippen LogP contribution is -2.49. The highest BCUT2D eigenvalue weighted by molar-refractivity contribution is 5.92. The van der Waals surface area contributed by atoms with Crippen LogP contribution in [-0.4, -0.2) is 28.1 Å². The Labute approximate surface area is 105 Å². The van der Waals surface area contributed by atoms with Crippen LogP contribution in [0.25, 0.3) is 0 Å². The molecule has 0 radical (unpaired) electrons. The van der Waals surface area contributed by atoms with Crippen molar-refractivity contribution in [1.82, 2.24) is 10.3 Å². The highest BCUT2D eigenvalue weighted by Crippen LogP contribution is 2.29. The van der Waals surface area contributed by atoms with Gasteiger partial charge in [-0.2, -0.15) is 5.26 Å². The predicted molar refractivity (Wildman–Crippen MR) is 64.7 cm³/mol. The van der Waals surface area contributed by atoms with E-state index < -0.39 is 5.54 Å². The monoisotopic (exact) mass is 245 g/mol. The zero-order valence-electron chi connectivity index (χ0n) is 10.0. The summed E-state index contributed by atoms with van der Waals surface area (Å²) >= 11 is 0. The first-order valence-electron chi connectivity index (χ1n) is 5.99. The van der Waals surface area contributed by atoms with Crippen LogP contribution in [0.5, 0.6) is 0 Å². The van der Waals surface area contributed by atoms with Gasteiger partial charge in [0, 0.05) is 6.20 Å². The average Bonchev–Trinajstić information content (AvgIpc) is 2.88. The summed E-state index contributed by atoms with van der Waals surface area (Å²) in [6, 6.07) is 5.03. The topological polar surface area (TPSA) is 86.0 Å². The van der Waals surface area contributed by atoms with Gasteiger partial charge < -0.3 is 10.4 Å². The highest BCUT2D eigenvalue weighted by Gasteiger charge is 2.34. The third-order valence-corrected chi connectivity index (χ3v) is 3.37. The lowest BCUT2D eigenvalue weighted by molar-refractivity contribution is 0.0833. The van der Waals surface area contributed by atoms with Crippen molar-refractivity contribution in [2.75, 3.05) is 6.61 Å². The Morgan fingerprint density at radius 2 is 2.22 bits per heavy atom. The quantitative estimate of drug-likeness (QED) is 0.831. The summed E-state index contributed by atoms with van der Waals surface area (Å²) in [5.74, 6) is -0.296. The second-order valence-electron chi connectivity index (χ2n) is 4.64. The molecule has 1 aliphatic rings. The third kappa shape index (κ3) is 2.49. The fraction of sp³-hybridized carbons (Fsp3) is 0.462. The highest BCUT2D eigenvalue weighted by atomic mass is 16.3. The van der Waals surface area contributed by atoms with Gasteiger partial charge in [0.2, 0.25) is 0 Å². The van der Waals surface area contributed by atoms with Crippen LogP contribution in [0.1, 0.15) is 41.7 Å². The number of aliphatic hydroxyl groups is 1. The van der Waals surface area contributed by atoms with Crippen molar-refractivity contribution in [2.24, 2.45) is 0 Å². The van der Waals surface area contributed by atoms with E-state index in [-0.39, 0.29) is 18.2 Å². The van der Waals surface area contributed by atoms with Crippen molar-refractivity contribution in [3.8, 4) is 6.07 Å². The molecule has 5 nitrogen and oxygen atoms in total. The van der Waals surface area contributed by atoms with E-state index in [9.17, 15) is 9.90 Å². The van der Waals surface area contributed by atoms with E-state index in [1.165, 1.54) is 12.3 Å². The van der Waals surface area contributed by atoms with E-state index in [0.717, 1.165) is 25.7 Å². The standard InChI is InChI=1S/C13H15N3O2/c14-7-10-3-4-11(15-8-10)12(18)16-13(9-17)5-1-2-6-13/h3-4,8,17H,1-2,5-6,9H2,(H,16,18). The molecule has 1 amide bonds. The number of carbonyl (C=O) groups excluding carboxylic acids is 1. The number of amides is 1. The van der Waals surface area contributed by atoms with Gasteiger partial charge in [-0.05, 0) is 25.0 Å². The largest absolute Gasteiger partial charge is 0.394 e. The Morgan fingerprint density at radius 1 is 1.50 bits per heavy atom. The Bertz CT molecular complexity index is 470. The van der Waals surface area contributed by atoms with Crippen LogP contribution in [0.3, 0.4) is 0 Å². The van der Waals surface area contributed by atoms with Crippen LogP contribution >= 0.6 is 0 Å². The summed E-state index contributed by atoms with van der Waals surface area (Å²) in [6.07, 6.45) is 5.00. The van der Waals surface area contributed by atoms with Crippen molar-refractivity contribution in [3.05, 3.63) is 29.6 Å². The number of aromatic nitrogens is 1. The Morgan fingerprint density at radius 3 is 2.72 bits per heavy atom. The van der Waals surface area contributed by atoms with Crippen LogP contribution in [0.4, 0.5) is 0 Å². The number of nitrogens with one attached hydrogen (secondary N) is 1. The SMILES string of the molecule is N#Cc1ccc(C(=O)NC2(CO)CCCC2)nc1. The van der Waals surface area contributed by atoms with Crippen LogP contribution in [0.2, 0.25) is 0 Å². The molecule has 1 aromatic heterocycles. The predicted octanol–water partition coefficient (Wildman–Crippen LogP) is 0.988. The number of hydrogen-bond acceptors (Lipinski definition) is 4. The number of carbonyl (C=O) groups is 1. The average molecular weight is 245 g/mol. The molecule has 0 aromatic carbocycles. The third-order valence-electron chi connectivity index (χ3n) is 3.37. The van der Waals surface area contributed by atoms with Crippen LogP contribution in [-0.2, 0) is 0 Å². The van der Waals surface area contributed by atoms with E-state index >= 15 is 0 Å². The van der Waals surface area contributed by atoms with Gasteiger partial charge in [-0.15, -0.1) is 0 Å². The summed E-state index contributed by atoms with van der Waals surface area (Å²) < 4.78 is 0. The molecule has 1 aromatic rings. The van der Waals surface area contributed by atoms with E-state index in [1.54, 1.807) is 6.07 Å². The maximum Gasteiger partial charge on any atom is 0.270 e. The molecule has 0 unspecified atom stereocenters. The maximum absolute atomic E-state index is 12.0. The Kier molecular flexibility index (Phi) is 3.58. The molecule has 0 atom stereocenters. The minimum Gasteiger partial charge on any atom is -0.394 e. The second-order valence-corrected chi connectivity index (χ2v) is 4.64. The fourth-order valence-corrected chi connectivity index (χ4v) is 2.27. The molecule has 1 saturated carbocycles. The summed E-state index contributed by atoms with van der Waals surface area (Å²) in [5.41, 5.74) is 0.199. The minimum absolute atomic E-state index is 0.0466. The normalized spacial score (nSPS) is 17.1. The van der Waals surface area contributed by atoms with Crippen molar-refractivity contribution in [2.45, 2.75) is 31.2 Å². The van der Waals surface area contributed by atoms with Gasteiger partial charge in [0.25, 0.3) is 5.91 Å². The van der Waals surface area contributed by atoms with Crippen LogP contribution < -0.4 is 5.32 Å². The zero-order chi connectivity index (χ0) is 13.0. The van der Waals surface area contributed by atoms with Gasteiger partial charge in [0.1, 0.15) is 11.8 Å². The number of nitrogens with zero attached hydrogens (tertiary/aromatic N) is 2. The van der Waals surface area contributed by atoms with Crippen molar-refractivity contribution in [3.63, 3.8) is 0 Å². The van der Waals surface area contributed by atoms with Crippen molar-refractivity contribution >= 4 is 5.91 Å². The van der Waals surface area contributed by atoms with Crippen LogP contribution in [0, 0.1) is 11.3 Å². The molecule has 2 N–H and O–H groups in total. The van der Waals surface area contributed by atoms with Gasteiger partial charge in [0.05, 0.1) is 17.7 Å². The van der Waals surface area contributed by atoms with Crippen molar-refractivity contribution in [1.29, 1.82) is 5.26 Å². The first kappa shape index (κ1) is 12.5. The number of rotatable bonds is 3. The second kappa shape index (κ2) is 5.15. The van der Waals surface area contributed by atoms with E-state index in [1.807, 2.05) is 6.07 Å². The first-order valence-corrected chi connectivity index (χ1v) is 5.99. The number of nitriles is 1.